The highest BCUT2D eigenvalue weighted by atomic mass is 15.1. The van der Waals surface area contributed by atoms with Crippen LogP contribution in [0.5, 0.6) is 0 Å². The second-order valence-corrected chi connectivity index (χ2v) is 9.13. The fourth-order valence-electron chi connectivity index (χ4n) is 3.23. The molecule has 2 aromatic carbocycles. The smallest absolute Gasteiger partial charge is 0.134 e. The summed E-state index contributed by atoms with van der Waals surface area (Å²) in [4.78, 5) is 12.2. The van der Waals surface area contributed by atoms with Crippen LogP contribution in [-0.2, 0) is 10.8 Å². The molecule has 3 rings (SSSR count). The van der Waals surface area contributed by atoms with Crippen molar-refractivity contribution in [3.8, 4) is 0 Å². The number of fused-ring (bicyclic) bond motifs is 3. The van der Waals surface area contributed by atoms with Gasteiger partial charge in [-0.3, -0.25) is 0 Å². The zero-order chi connectivity index (χ0) is 18.6. The fraction of sp³-hybridized carbons (Fsp3) is 0.455. The monoisotopic (exact) mass is 335 g/mol. The lowest BCUT2D eigenvalue weighted by Gasteiger charge is -2.25. The van der Waals surface area contributed by atoms with Gasteiger partial charge < -0.3 is 4.90 Å². The predicted octanol–water partition coefficient (Wildman–Crippen LogP) is 5.44. The summed E-state index contributed by atoms with van der Waals surface area (Å²) in [6.07, 6.45) is 0. The van der Waals surface area contributed by atoms with Crippen LogP contribution in [-0.4, -0.2) is 24.1 Å². The molecule has 0 bridgehead atoms. The van der Waals surface area contributed by atoms with Crippen molar-refractivity contribution in [2.75, 3.05) is 19.0 Å². The molecule has 0 saturated heterocycles. The molecule has 132 valence electrons. The molecule has 0 aliphatic heterocycles. The predicted molar refractivity (Wildman–Crippen MR) is 109 cm³/mol. The Kier molecular flexibility index (Phi) is 4.02. The van der Waals surface area contributed by atoms with E-state index in [1.807, 2.05) is 0 Å². The molecule has 1 aromatic heterocycles. The number of rotatable bonds is 1. The molecule has 3 nitrogen and oxygen atoms in total. The lowest BCUT2D eigenvalue weighted by molar-refractivity contribution is 0.520. The molecule has 3 aromatic rings. The molecule has 0 saturated carbocycles. The van der Waals surface area contributed by atoms with Crippen molar-refractivity contribution in [3.63, 3.8) is 0 Å². The van der Waals surface area contributed by atoms with Gasteiger partial charge in [0.25, 0.3) is 0 Å². The first-order valence-electron chi connectivity index (χ1n) is 8.92. The van der Waals surface area contributed by atoms with Gasteiger partial charge in [-0.2, -0.15) is 0 Å². The van der Waals surface area contributed by atoms with E-state index in [9.17, 15) is 0 Å². The average molecular weight is 335 g/mol. The van der Waals surface area contributed by atoms with Gasteiger partial charge in [0, 0.05) is 41.4 Å². The van der Waals surface area contributed by atoms with Crippen molar-refractivity contribution in [3.05, 3.63) is 41.9 Å². The normalized spacial score (nSPS) is 12.8. The van der Waals surface area contributed by atoms with Gasteiger partial charge in [-0.25, -0.2) is 9.97 Å². The molecule has 0 fully saturated rings. The maximum absolute atomic E-state index is 5.05. The largest absolute Gasteiger partial charge is 0.377 e. The van der Waals surface area contributed by atoms with Crippen molar-refractivity contribution in [1.29, 1.82) is 0 Å². The average Bonchev–Trinajstić information content (AvgIpc) is 2.50. The quantitative estimate of drug-likeness (QED) is 0.554. The highest BCUT2D eigenvalue weighted by Gasteiger charge is 2.26. The summed E-state index contributed by atoms with van der Waals surface area (Å²) in [5, 5.41) is 3.59. The van der Waals surface area contributed by atoms with Gasteiger partial charge in [-0.1, -0.05) is 65.8 Å². The highest BCUT2D eigenvalue weighted by molar-refractivity contribution is 6.12. The SMILES string of the molecule is CN(C)c1cccc2ccc3c(C(C)(C)C)nc(C(C)(C)C)nc3c12. The molecular weight excluding hydrogens is 306 g/mol. The topological polar surface area (TPSA) is 29.0 Å². The molecule has 0 spiro atoms. The Morgan fingerprint density at radius 3 is 2.04 bits per heavy atom. The Morgan fingerprint density at radius 2 is 1.48 bits per heavy atom. The Bertz CT molecular complexity index is 941. The number of aromatic nitrogens is 2. The highest BCUT2D eigenvalue weighted by Crippen LogP contribution is 2.37. The lowest BCUT2D eigenvalue weighted by Crippen LogP contribution is -2.22. The number of hydrogen-bond donors (Lipinski definition) is 0. The molecule has 0 atom stereocenters. The fourth-order valence-corrected chi connectivity index (χ4v) is 3.23. The van der Waals surface area contributed by atoms with Crippen molar-refractivity contribution < 1.29 is 0 Å². The second kappa shape index (κ2) is 5.69. The Morgan fingerprint density at radius 1 is 0.800 bits per heavy atom. The van der Waals surface area contributed by atoms with E-state index < -0.39 is 0 Å². The van der Waals surface area contributed by atoms with Gasteiger partial charge >= 0.3 is 0 Å². The van der Waals surface area contributed by atoms with Crippen LogP contribution in [0.3, 0.4) is 0 Å². The number of nitrogens with zero attached hydrogens (tertiary/aromatic N) is 3. The summed E-state index contributed by atoms with van der Waals surface area (Å²) in [6.45, 7) is 13.2. The molecule has 25 heavy (non-hydrogen) atoms. The van der Waals surface area contributed by atoms with Gasteiger partial charge in [0.1, 0.15) is 5.82 Å². The summed E-state index contributed by atoms with van der Waals surface area (Å²) < 4.78 is 0. The molecule has 0 N–H and O–H groups in total. The minimum Gasteiger partial charge on any atom is -0.377 e. The third-order valence-corrected chi connectivity index (χ3v) is 4.55. The van der Waals surface area contributed by atoms with Crippen LogP contribution in [0, 0.1) is 0 Å². The van der Waals surface area contributed by atoms with Gasteiger partial charge in [0.15, 0.2) is 0 Å². The molecule has 0 radical (unpaired) electrons. The van der Waals surface area contributed by atoms with Gasteiger partial charge in [0.2, 0.25) is 0 Å². The molecular formula is C22H29N3. The zero-order valence-corrected chi connectivity index (χ0v) is 16.7. The van der Waals surface area contributed by atoms with Gasteiger partial charge in [-0.15, -0.1) is 0 Å². The molecule has 0 aliphatic carbocycles. The van der Waals surface area contributed by atoms with Crippen LogP contribution in [0.1, 0.15) is 53.1 Å². The lowest BCUT2D eigenvalue weighted by atomic mass is 9.87. The van der Waals surface area contributed by atoms with Crippen LogP contribution in [0.4, 0.5) is 5.69 Å². The Hall–Kier alpha value is -2.16. The maximum atomic E-state index is 5.05. The molecule has 3 heteroatoms. The minimum absolute atomic E-state index is 0.0398. The van der Waals surface area contributed by atoms with Crippen LogP contribution in [0.25, 0.3) is 21.7 Å². The first-order chi connectivity index (χ1) is 11.5. The van der Waals surface area contributed by atoms with E-state index in [2.05, 4.69) is 90.9 Å². The second-order valence-electron chi connectivity index (χ2n) is 9.13. The van der Waals surface area contributed by atoms with E-state index in [0.717, 1.165) is 22.4 Å². The Balaban J connectivity index is 2.56. The standard InChI is InChI=1S/C22H29N3/c1-21(2,3)19-15-13-12-14-10-9-11-16(25(7)8)17(14)18(15)23-20(24-19)22(4,5)6/h9-13H,1-8H3. The van der Waals surface area contributed by atoms with Crippen molar-refractivity contribution in [2.45, 2.75) is 52.4 Å². The summed E-state index contributed by atoms with van der Waals surface area (Å²) >= 11 is 0. The first-order valence-corrected chi connectivity index (χ1v) is 8.92. The molecule has 0 unspecified atom stereocenters. The summed E-state index contributed by atoms with van der Waals surface area (Å²) in [5.74, 6) is 0.908. The van der Waals surface area contributed by atoms with Crippen LogP contribution in [0.2, 0.25) is 0 Å². The number of hydrogen-bond acceptors (Lipinski definition) is 3. The number of anilines is 1. The van der Waals surface area contributed by atoms with Crippen LogP contribution in [0.15, 0.2) is 30.3 Å². The van der Waals surface area contributed by atoms with E-state index >= 15 is 0 Å². The molecule has 0 amide bonds. The van der Waals surface area contributed by atoms with Crippen LogP contribution >= 0.6 is 0 Å². The summed E-state index contributed by atoms with van der Waals surface area (Å²) in [7, 11) is 4.17. The third-order valence-electron chi connectivity index (χ3n) is 4.55. The number of benzene rings is 2. The van der Waals surface area contributed by atoms with Gasteiger partial charge in [-0.05, 0) is 11.5 Å². The van der Waals surface area contributed by atoms with E-state index in [0.29, 0.717) is 0 Å². The van der Waals surface area contributed by atoms with E-state index in [4.69, 9.17) is 9.97 Å². The first kappa shape index (κ1) is 17.7. The summed E-state index contributed by atoms with van der Waals surface area (Å²) in [6, 6.07) is 10.8. The van der Waals surface area contributed by atoms with E-state index in [1.165, 1.54) is 16.5 Å². The minimum atomic E-state index is -0.0938. The van der Waals surface area contributed by atoms with Crippen molar-refractivity contribution >= 4 is 27.4 Å². The van der Waals surface area contributed by atoms with Crippen molar-refractivity contribution in [2.24, 2.45) is 0 Å². The summed E-state index contributed by atoms with van der Waals surface area (Å²) in [5.41, 5.74) is 3.25. The van der Waals surface area contributed by atoms with E-state index in [-0.39, 0.29) is 10.8 Å². The van der Waals surface area contributed by atoms with Crippen LogP contribution < -0.4 is 4.90 Å². The molecule has 0 aliphatic rings. The third kappa shape index (κ3) is 3.08. The van der Waals surface area contributed by atoms with Crippen molar-refractivity contribution in [1.82, 2.24) is 9.97 Å². The Labute approximate surface area is 151 Å². The van der Waals surface area contributed by atoms with E-state index in [1.54, 1.807) is 0 Å². The molecule has 1 heterocycles. The maximum Gasteiger partial charge on any atom is 0.134 e. The zero-order valence-electron chi connectivity index (χ0n) is 16.7. The van der Waals surface area contributed by atoms with Gasteiger partial charge in [0.05, 0.1) is 11.2 Å².